The van der Waals surface area contributed by atoms with Crippen molar-refractivity contribution in [3.05, 3.63) is 113 Å². The van der Waals surface area contributed by atoms with E-state index >= 15 is 0 Å². The molecule has 4 aromatic rings. The molecule has 0 aliphatic carbocycles. The Bertz CT molecular complexity index is 1530. The van der Waals surface area contributed by atoms with Crippen LogP contribution in [0.4, 0.5) is 14.9 Å². The zero-order valence-corrected chi connectivity index (χ0v) is 19.9. The van der Waals surface area contributed by atoms with Gasteiger partial charge in [0.05, 0.1) is 10.7 Å². The molecule has 0 radical (unpaired) electrons. The summed E-state index contributed by atoms with van der Waals surface area (Å²) in [4.78, 5) is 39.0. The number of ether oxygens (including phenoxy) is 1. The normalized spacial score (nSPS) is 14.7. The predicted octanol–water partition coefficient (Wildman–Crippen LogP) is 5.98. The molecule has 1 aromatic heterocycles. The number of anilines is 1. The Morgan fingerprint density at radius 2 is 1.70 bits per heavy atom. The van der Waals surface area contributed by atoms with Gasteiger partial charge in [-0.15, -0.1) is 0 Å². The number of carbonyl (C=O) groups excluding carboxylic acids is 3. The minimum absolute atomic E-state index is 0.0683. The molecule has 1 aliphatic heterocycles. The Hall–Kier alpha value is -4.69. The number of nitrogens with zero attached hydrogens (tertiary/aromatic N) is 1. The summed E-state index contributed by atoms with van der Waals surface area (Å²) in [7, 11) is 0. The highest BCUT2D eigenvalue weighted by Gasteiger charge is 2.37. The van der Waals surface area contributed by atoms with Crippen molar-refractivity contribution in [1.82, 2.24) is 5.32 Å². The summed E-state index contributed by atoms with van der Waals surface area (Å²) < 4.78 is 24.9. The first-order valence-corrected chi connectivity index (χ1v) is 11.5. The molecule has 1 N–H and O–H groups in total. The highest BCUT2D eigenvalue weighted by atomic mass is 35.5. The van der Waals surface area contributed by atoms with Gasteiger partial charge in [0, 0.05) is 5.56 Å². The number of nitrogens with one attached hydrogen (secondary N) is 1. The van der Waals surface area contributed by atoms with Crippen LogP contribution in [0.1, 0.15) is 11.3 Å². The first-order chi connectivity index (χ1) is 17.9. The summed E-state index contributed by atoms with van der Waals surface area (Å²) in [6.45, 7) is 0.361. The van der Waals surface area contributed by atoms with Gasteiger partial charge < -0.3 is 9.15 Å². The van der Waals surface area contributed by atoms with Crippen LogP contribution in [0.2, 0.25) is 5.02 Å². The van der Waals surface area contributed by atoms with E-state index in [0.717, 1.165) is 10.5 Å². The van der Waals surface area contributed by atoms with Gasteiger partial charge in [-0.2, -0.15) is 0 Å². The van der Waals surface area contributed by atoms with Crippen molar-refractivity contribution in [3.8, 4) is 17.1 Å². The SMILES string of the molecule is O=C1NC(=O)N(c2ccc(OCc3ccccc3)cc2)C(=O)/C1=C\c1ccc(-c2ccc(F)c(Cl)c2)o1. The number of barbiturate groups is 1. The van der Waals surface area contributed by atoms with Gasteiger partial charge in [-0.1, -0.05) is 41.9 Å². The summed E-state index contributed by atoms with van der Waals surface area (Å²) in [5.74, 6) is -1.13. The van der Waals surface area contributed by atoms with Gasteiger partial charge in [-0.05, 0) is 66.2 Å². The molecule has 4 amide bonds. The van der Waals surface area contributed by atoms with E-state index in [9.17, 15) is 18.8 Å². The molecule has 184 valence electrons. The summed E-state index contributed by atoms with van der Waals surface area (Å²) in [6, 6.07) is 22.3. The van der Waals surface area contributed by atoms with Crippen LogP contribution in [-0.2, 0) is 16.2 Å². The molecule has 1 fully saturated rings. The highest BCUT2D eigenvalue weighted by molar-refractivity contribution is 6.39. The van der Waals surface area contributed by atoms with Crippen LogP contribution in [0.5, 0.6) is 5.75 Å². The van der Waals surface area contributed by atoms with Gasteiger partial charge >= 0.3 is 6.03 Å². The van der Waals surface area contributed by atoms with Gasteiger partial charge in [0.15, 0.2) is 0 Å². The number of amides is 4. The molecule has 3 aromatic carbocycles. The fraction of sp³-hybridized carbons (Fsp3) is 0.0357. The zero-order valence-electron chi connectivity index (χ0n) is 19.1. The van der Waals surface area contributed by atoms with E-state index in [1.165, 1.54) is 24.3 Å². The van der Waals surface area contributed by atoms with Crippen LogP contribution < -0.4 is 15.0 Å². The first kappa shape index (κ1) is 24.0. The van der Waals surface area contributed by atoms with Crippen molar-refractivity contribution in [2.45, 2.75) is 6.61 Å². The van der Waals surface area contributed by atoms with Crippen LogP contribution in [-0.4, -0.2) is 17.8 Å². The summed E-state index contributed by atoms with van der Waals surface area (Å²) in [5.41, 5.74) is 1.48. The number of urea groups is 1. The van der Waals surface area contributed by atoms with Crippen LogP contribution >= 0.6 is 11.6 Å². The smallest absolute Gasteiger partial charge is 0.335 e. The largest absolute Gasteiger partial charge is 0.489 e. The van der Waals surface area contributed by atoms with Crippen molar-refractivity contribution >= 4 is 41.2 Å². The third-order valence-electron chi connectivity index (χ3n) is 5.56. The fourth-order valence-corrected chi connectivity index (χ4v) is 3.88. The van der Waals surface area contributed by atoms with Crippen molar-refractivity contribution in [2.75, 3.05) is 4.90 Å². The second-order valence-electron chi connectivity index (χ2n) is 8.06. The van der Waals surface area contributed by atoms with Gasteiger partial charge in [-0.3, -0.25) is 14.9 Å². The van der Waals surface area contributed by atoms with E-state index in [1.54, 1.807) is 36.4 Å². The summed E-state index contributed by atoms with van der Waals surface area (Å²) in [6.07, 6.45) is 1.24. The Balaban J connectivity index is 1.35. The van der Waals surface area contributed by atoms with Crippen molar-refractivity contribution in [1.29, 1.82) is 0 Å². The Morgan fingerprint density at radius 1 is 0.946 bits per heavy atom. The minimum Gasteiger partial charge on any atom is -0.489 e. The predicted molar refractivity (Wildman–Crippen MR) is 135 cm³/mol. The number of halogens is 2. The molecular formula is C28H18ClFN2O5. The maximum atomic E-state index is 13.5. The lowest BCUT2D eigenvalue weighted by Crippen LogP contribution is -2.54. The van der Waals surface area contributed by atoms with Crippen LogP contribution in [0.15, 0.2) is 94.9 Å². The Morgan fingerprint density at radius 3 is 2.43 bits per heavy atom. The third-order valence-corrected chi connectivity index (χ3v) is 5.85. The number of furan rings is 1. The van der Waals surface area contributed by atoms with Gasteiger partial charge in [0.25, 0.3) is 11.8 Å². The Labute approximate surface area is 215 Å². The van der Waals surface area contributed by atoms with E-state index in [1.807, 2.05) is 30.3 Å². The second kappa shape index (κ2) is 10.1. The lowest BCUT2D eigenvalue weighted by molar-refractivity contribution is -0.122. The molecule has 0 unspecified atom stereocenters. The Kier molecular flexibility index (Phi) is 6.57. The first-order valence-electron chi connectivity index (χ1n) is 11.1. The average Bonchev–Trinajstić information content (AvgIpc) is 3.37. The minimum atomic E-state index is -0.869. The number of rotatable bonds is 6. The molecule has 5 rings (SSSR count). The molecule has 9 heteroatoms. The standard InChI is InChI=1S/C28H18ClFN2O5/c29-23-14-18(6-12-24(23)30)25-13-11-21(37-25)15-22-26(33)31-28(35)32(27(22)34)19-7-9-20(10-8-19)36-16-17-4-2-1-3-5-17/h1-15H,16H2,(H,31,33,35)/b22-15-. The molecule has 0 spiro atoms. The van der Waals surface area contributed by atoms with Crippen LogP contribution in [0.25, 0.3) is 17.4 Å². The van der Waals surface area contributed by atoms with Crippen molar-refractivity contribution in [2.24, 2.45) is 0 Å². The molecular weight excluding hydrogens is 499 g/mol. The summed E-state index contributed by atoms with van der Waals surface area (Å²) in [5, 5.41) is 2.10. The lowest BCUT2D eigenvalue weighted by atomic mass is 10.1. The van der Waals surface area contributed by atoms with Gasteiger partial charge in [0.1, 0.15) is 35.3 Å². The number of benzene rings is 3. The quantitative estimate of drug-likeness (QED) is 0.251. The van der Waals surface area contributed by atoms with Gasteiger partial charge in [-0.25, -0.2) is 14.1 Å². The number of hydrogen-bond acceptors (Lipinski definition) is 5. The van der Waals surface area contributed by atoms with Crippen molar-refractivity contribution in [3.63, 3.8) is 0 Å². The summed E-state index contributed by atoms with van der Waals surface area (Å²) >= 11 is 5.84. The average molecular weight is 517 g/mol. The monoisotopic (exact) mass is 516 g/mol. The van der Waals surface area contributed by atoms with Crippen molar-refractivity contribution < 1.29 is 27.9 Å². The van der Waals surface area contributed by atoms with E-state index in [-0.39, 0.29) is 22.0 Å². The lowest BCUT2D eigenvalue weighted by Gasteiger charge is -2.26. The third kappa shape index (κ3) is 5.14. The molecule has 37 heavy (non-hydrogen) atoms. The van der Waals surface area contributed by atoms with E-state index in [0.29, 0.717) is 23.7 Å². The zero-order chi connectivity index (χ0) is 25.9. The molecule has 0 saturated carbocycles. The fourth-order valence-electron chi connectivity index (χ4n) is 3.70. The van der Waals surface area contributed by atoms with E-state index in [4.69, 9.17) is 20.8 Å². The maximum absolute atomic E-state index is 13.5. The van der Waals surface area contributed by atoms with E-state index < -0.39 is 23.7 Å². The maximum Gasteiger partial charge on any atom is 0.335 e. The number of imide groups is 2. The van der Waals surface area contributed by atoms with Gasteiger partial charge in [0.2, 0.25) is 0 Å². The molecule has 2 heterocycles. The molecule has 0 atom stereocenters. The topological polar surface area (TPSA) is 88.9 Å². The van der Waals surface area contributed by atoms with Crippen LogP contribution in [0.3, 0.4) is 0 Å². The highest BCUT2D eigenvalue weighted by Crippen LogP contribution is 2.29. The second-order valence-corrected chi connectivity index (χ2v) is 8.46. The van der Waals surface area contributed by atoms with E-state index in [2.05, 4.69) is 5.32 Å². The number of hydrogen-bond donors (Lipinski definition) is 1. The molecule has 7 nitrogen and oxygen atoms in total. The molecule has 1 aliphatic rings. The molecule has 1 saturated heterocycles. The molecule has 0 bridgehead atoms. The number of carbonyl (C=O) groups is 3. The van der Waals surface area contributed by atoms with Crippen LogP contribution in [0, 0.1) is 5.82 Å².